The lowest BCUT2D eigenvalue weighted by Gasteiger charge is -2.44. The molecule has 0 aliphatic carbocycles. The average Bonchev–Trinajstić information content (AvgIpc) is 2.71. The first-order chi connectivity index (χ1) is 9.34. The fourth-order valence-electron chi connectivity index (χ4n) is 3.17. The zero-order chi connectivity index (χ0) is 14.9. The standard InChI is InChI=1S/C15H29N5/c1-12-14(18(5)11-17-12)13(10-16)19-6-8-20(9-7-19)15(2,3)4/h11,13H,6-10,16H2,1-5H3. The van der Waals surface area contributed by atoms with Crippen LogP contribution in [0.3, 0.4) is 0 Å². The molecule has 0 amide bonds. The smallest absolute Gasteiger partial charge is 0.0949 e. The zero-order valence-electron chi connectivity index (χ0n) is 13.6. The third-order valence-electron chi connectivity index (χ3n) is 4.42. The first-order valence-electron chi connectivity index (χ1n) is 7.51. The second-order valence-corrected chi connectivity index (χ2v) is 6.77. The van der Waals surface area contributed by atoms with Gasteiger partial charge in [-0.05, 0) is 27.7 Å². The summed E-state index contributed by atoms with van der Waals surface area (Å²) in [7, 11) is 2.06. The van der Waals surface area contributed by atoms with Crippen LogP contribution in [0, 0.1) is 6.92 Å². The van der Waals surface area contributed by atoms with Gasteiger partial charge in [-0.15, -0.1) is 0 Å². The largest absolute Gasteiger partial charge is 0.336 e. The first kappa shape index (κ1) is 15.5. The van der Waals surface area contributed by atoms with Crippen LogP contribution < -0.4 is 5.73 Å². The van der Waals surface area contributed by atoms with Gasteiger partial charge in [-0.2, -0.15) is 0 Å². The summed E-state index contributed by atoms with van der Waals surface area (Å²) < 4.78 is 2.11. The molecule has 0 aromatic carbocycles. The summed E-state index contributed by atoms with van der Waals surface area (Å²) in [6.45, 7) is 13.9. The summed E-state index contributed by atoms with van der Waals surface area (Å²) in [5, 5.41) is 0. The highest BCUT2D eigenvalue weighted by molar-refractivity contribution is 5.16. The van der Waals surface area contributed by atoms with Crippen LogP contribution in [0.2, 0.25) is 0 Å². The Kier molecular flexibility index (Phi) is 4.52. The van der Waals surface area contributed by atoms with E-state index in [0.717, 1.165) is 31.9 Å². The summed E-state index contributed by atoms with van der Waals surface area (Å²) >= 11 is 0. The minimum Gasteiger partial charge on any atom is -0.336 e. The first-order valence-corrected chi connectivity index (χ1v) is 7.51. The topological polar surface area (TPSA) is 50.3 Å². The number of nitrogens with zero attached hydrogens (tertiary/aromatic N) is 4. The fraction of sp³-hybridized carbons (Fsp3) is 0.800. The lowest BCUT2D eigenvalue weighted by Crippen LogP contribution is -2.54. The Labute approximate surface area is 122 Å². The van der Waals surface area contributed by atoms with E-state index in [2.05, 4.69) is 54.1 Å². The van der Waals surface area contributed by atoms with Gasteiger partial charge in [0.05, 0.1) is 23.8 Å². The quantitative estimate of drug-likeness (QED) is 0.901. The van der Waals surface area contributed by atoms with Gasteiger partial charge in [-0.3, -0.25) is 9.80 Å². The number of piperazine rings is 1. The fourth-order valence-corrected chi connectivity index (χ4v) is 3.17. The monoisotopic (exact) mass is 279 g/mol. The molecule has 0 spiro atoms. The maximum absolute atomic E-state index is 6.06. The number of aromatic nitrogens is 2. The van der Waals surface area contributed by atoms with E-state index in [4.69, 9.17) is 5.73 Å². The van der Waals surface area contributed by atoms with Crippen LogP contribution in [0.4, 0.5) is 0 Å². The van der Waals surface area contributed by atoms with E-state index >= 15 is 0 Å². The number of hydrogen-bond donors (Lipinski definition) is 1. The molecule has 20 heavy (non-hydrogen) atoms. The Balaban J connectivity index is 2.08. The van der Waals surface area contributed by atoms with Crippen LogP contribution in [-0.4, -0.2) is 57.6 Å². The zero-order valence-corrected chi connectivity index (χ0v) is 13.6. The van der Waals surface area contributed by atoms with E-state index in [-0.39, 0.29) is 11.6 Å². The third-order valence-corrected chi connectivity index (χ3v) is 4.42. The summed E-state index contributed by atoms with van der Waals surface area (Å²) in [4.78, 5) is 9.46. The molecule has 1 fully saturated rings. The van der Waals surface area contributed by atoms with Crippen molar-refractivity contribution in [1.29, 1.82) is 0 Å². The van der Waals surface area contributed by atoms with E-state index in [9.17, 15) is 0 Å². The molecule has 0 bridgehead atoms. The highest BCUT2D eigenvalue weighted by Crippen LogP contribution is 2.25. The van der Waals surface area contributed by atoms with Gasteiger partial charge in [0.25, 0.3) is 0 Å². The average molecular weight is 279 g/mol. The Morgan fingerprint density at radius 1 is 1.25 bits per heavy atom. The number of rotatable bonds is 3. The van der Waals surface area contributed by atoms with Crippen molar-refractivity contribution in [3.63, 3.8) is 0 Å². The summed E-state index contributed by atoms with van der Waals surface area (Å²) in [6, 6.07) is 0.282. The van der Waals surface area contributed by atoms with Crippen molar-refractivity contribution in [1.82, 2.24) is 19.4 Å². The molecule has 1 aliphatic heterocycles. The third kappa shape index (κ3) is 3.05. The molecule has 2 N–H and O–H groups in total. The predicted molar refractivity (Wildman–Crippen MR) is 82.6 cm³/mol. The maximum atomic E-state index is 6.06. The predicted octanol–water partition coefficient (Wildman–Crippen LogP) is 1.14. The van der Waals surface area contributed by atoms with Gasteiger partial charge in [0.15, 0.2) is 0 Å². The second-order valence-electron chi connectivity index (χ2n) is 6.77. The van der Waals surface area contributed by atoms with Crippen molar-refractivity contribution >= 4 is 0 Å². The summed E-state index contributed by atoms with van der Waals surface area (Å²) in [5.74, 6) is 0. The van der Waals surface area contributed by atoms with Crippen LogP contribution in [0.5, 0.6) is 0 Å². The van der Waals surface area contributed by atoms with Gasteiger partial charge in [-0.1, -0.05) is 0 Å². The minimum absolute atomic E-state index is 0.257. The molecular formula is C15H29N5. The van der Waals surface area contributed by atoms with Crippen LogP contribution >= 0.6 is 0 Å². The molecule has 1 unspecified atom stereocenters. The molecular weight excluding hydrogens is 250 g/mol. The van der Waals surface area contributed by atoms with Crippen LogP contribution in [0.1, 0.15) is 38.2 Å². The molecule has 2 rings (SSSR count). The number of imidazole rings is 1. The molecule has 5 heteroatoms. The Morgan fingerprint density at radius 2 is 1.85 bits per heavy atom. The molecule has 1 aromatic heterocycles. The highest BCUT2D eigenvalue weighted by Gasteiger charge is 2.30. The lowest BCUT2D eigenvalue weighted by atomic mass is 10.0. The number of hydrogen-bond acceptors (Lipinski definition) is 4. The molecule has 1 saturated heterocycles. The van der Waals surface area contributed by atoms with Gasteiger partial charge >= 0.3 is 0 Å². The Morgan fingerprint density at radius 3 is 2.25 bits per heavy atom. The van der Waals surface area contributed by atoms with Crippen LogP contribution in [0.15, 0.2) is 6.33 Å². The van der Waals surface area contributed by atoms with E-state index in [1.54, 1.807) is 0 Å². The van der Waals surface area contributed by atoms with Crippen molar-refractivity contribution in [2.24, 2.45) is 12.8 Å². The van der Waals surface area contributed by atoms with Crippen molar-refractivity contribution in [2.45, 2.75) is 39.3 Å². The molecule has 0 radical (unpaired) electrons. The SMILES string of the molecule is Cc1ncn(C)c1C(CN)N1CCN(C(C)(C)C)CC1. The Hall–Kier alpha value is -0.910. The minimum atomic E-state index is 0.257. The van der Waals surface area contributed by atoms with Gasteiger partial charge < -0.3 is 10.3 Å². The van der Waals surface area contributed by atoms with E-state index in [1.165, 1.54) is 5.69 Å². The van der Waals surface area contributed by atoms with Crippen molar-refractivity contribution in [3.8, 4) is 0 Å². The van der Waals surface area contributed by atoms with E-state index < -0.39 is 0 Å². The molecule has 114 valence electrons. The van der Waals surface area contributed by atoms with E-state index in [0.29, 0.717) is 6.54 Å². The summed E-state index contributed by atoms with van der Waals surface area (Å²) in [6.07, 6.45) is 1.89. The number of nitrogens with two attached hydrogens (primary N) is 1. The lowest BCUT2D eigenvalue weighted by molar-refractivity contribution is 0.0418. The molecule has 0 saturated carbocycles. The number of aryl methyl sites for hydroxylation is 2. The molecule has 1 aromatic rings. The van der Waals surface area contributed by atoms with Crippen molar-refractivity contribution < 1.29 is 0 Å². The highest BCUT2D eigenvalue weighted by atomic mass is 15.3. The van der Waals surface area contributed by atoms with Gasteiger partial charge in [0, 0.05) is 45.3 Å². The maximum Gasteiger partial charge on any atom is 0.0949 e. The van der Waals surface area contributed by atoms with Crippen LogP contribution in [-0.2, 0) is 7.05 Å². The van der Waals surface area contributed by atoms with Crippen molar-refractivity contribution in [2.75, 3.05) is 32.7 Å². The van der Waals surface area contributed by atoms with Gasteiger partial charge in [0.2, 0.25) is 0 Å². The Bertz CT molecular complexity index is 418. The van der Waals surface area contributed by atoms with Gasteiger partial charge in [0.1, 0.15) is 0 Å². The van der Waals surface area contributed by atoms with Crippen LogP contribution in [0.25, 0.3) is 0 Å². The molecule has 1 atom stereocenters. The molecule has 1 aliphatic rings. The molecule has 2 heterocycles. The molecule has 5 nitrogen and oxygen atoms in total. The normalized spacial score (nSPS) is 20.3. The second kappa shape index (κ2) is 5.84. The van der Waals surface area contributed by atoms with E-state index in [1.807, 2.05) is 6.33 Å². The van der Waals surface area contributed by atoms with Gasteiger partial charge in [-0.25, -0.2) is 4.98 Å². The summed E-state index contributed by atoms with van der Waals surface area (Å²) in [5.41, 5.74) is 8.67. The van der Waals surface area contributed by atoms with Crippen molar-refractivity contribution in [3.05, 3.63) is 17.7 Å².